The van der Waals surface area contributed by atoms with Gasteiger partial charge in [0, 0.05) is 0 Å². The van der Waals surface area contributed by atoms with Crippen molar-refractivity contribution >= 4 is 32.6 Å². The first-order valence-corrected chi connectivity index (χ1v) is 3.00. The summed E-state index contributed by atoms with van der Waals surface area (Å²) in [6.45, 7) is 0. The van der Waals surface area contributed by atoms with Crippen molar-refractivity contribution in [1.82, 2.24) is 0 Å². The molecule has 0 aromatic heterocycles. The van der Waals surface area contributed by atoms with Crippen LogP contribution in [0.25, 0.3) is 0 Å². The third-order valence-electron chi connectivity index (χ3n) is 0. The van der Waals surface area contributed by atoms with Gasteiger partial charge in [0.25, 0.3) is 0 Å². The second-order valence-electron chi connectivity index (χ2n) is 0.408. The van der Waals surface area contributed by atoms with Crippen LogP contribution < -0.4 is 59.1 Å². The predicted octanol–water partition coefficient (Wildman–Crippen LogP) is -6.58. The fraction of sp³-hybridized carbons (Fsp3) is 0. The van der Waals surface area contributed by atoms with Crippen LogP contribution in [0.1, 0.15) is 0 Å². The normalized spacial score (nSPS) is 7.25. The third-order valence-corrected chi connectivity index (χ3v) is 0. The number of hydrogen-bond donors (Lipinski definition) is 0. The largest absolute Gasteiger partial charge is 1.00 e. The Kier molecular flexibility index (Phi) is 26.9. The van der Waals surface area contributed by atoms with E-state index in [1.807, 2.05) is 0 Å². The van der Waals surface area contributed by atoms with Gasteiger partial charge in [-0.3, -0.25) is 4.21 Å². The monoisotopic (exact) mass is 194 g/mol. The standard InChI is InChI=1S/ClH.2Na.H2O3S2/c;;;1-5(2,3)4/h1H;;;(H2,1,2,3,4)/q;2*+1;/p-2. The molecule has 0 unspecified atom stereocenters. The summed E-state index contributed by atoms with van der Waals surface area (Å²) < 4.78 is 26.7. The molecule has 40 valence electrons. The summed E-state index contributed by atoms with van der Waals surface area (Å²) in [5, 5.41) is 0. The average Bonchev–Trinajstić information content (AvgIpc) is 0.722. The van der Waals surface area contributed by atoms with Crippen LogP contribution in [0.15, 0.2) is 0 Å². The van der Waals surface area contributed by atoms with Crippen molar-refractivity contribution in [1.29, 1.82) is 0 Å². The summed E-state index contributed by atoms with van der Waals surface area (Å²) in [5.41, 5.74) is 0. The van der Waals surface area contributed by atoms with Gasteiger partial charge >= 0.3 is 59.1 Å². The molecule has 0 aliphatic heterocycles. The van der Waals surface area contributed by atoms with Gasteiger partial charge in [0.1, 0.15) is 0 Å². The van der Waals surface area contributed by atoms with E-state index in [1.54, 1.807) is 0 Å². The first kappa shape index (κ1) is 22.4. The van der Waals surface area contributed by atoms with E-state index in [0.717, 1.165) is 0 Å². The molecule has 0 N–H and O–H groups in total. The van der Waals surface area contributed by atoms with Gasteiger partial charge in [0.15, 0.2) is 0 Å². The molecule has 0 aliphatic rings. The summed E-state index contributed by atoms with van der Waals surface area (Å²) in [4.78, 5) is 0. The molecule has 0 aromatic carbocycles. The molecule has 0 rings (SSSR count). The SMILES string of the molecule is Cl.O=S([O-])([O-])=S.[Na+].[Na+]. The number of hydrogen-bond acceptors (Lipinski definition) is 4. The molecule has 0 radical (unpaired) electrons. The second-order valence-corrected chi connectivity index (χ2v) is 2.45. The van der Waals surface area contributed by atoms with Crippen molar-refractivity contribution in [3.63, 3.8) is 0 Å². The molecule has 0 heterocycles. The fourth-order valence-electron chi connectivity index (χ4n) is 0. The molecule has 0 spiro atoms. The zero-order valence-corrected chi connectivity index (χ0v) is 10.9. The molecular formula is HClNa2O3S2. The van der Waals surface area contributed by atoms with Gasteiger partial charge in [-0.05, 0) is 11.2 Å². The maximum Gasteiger partial charge on any atom is 1.00 e. The van der Waals surface area contributed by atoms with Crippen LogP contribution in [-0.4, -0.2) is 13.3 Å². The smallest absolute Gasteiger partial charge is 0.780 e. The van der Waals surface area contributed by atoms with Crippen LogP contribution in [0.3, 0.4) is 0 Å². The number of rotatable bonds is 0. The van der Waals surface area contributed by atoms with Crippen molar-refractivity contribution in [3.05, 3.63) is 0 Å². The third kappa shape index (κ3) is 74.1. The Balaban J connectivity index is -0.0000000267. The number of halogens is 1. The summed E-state index contributed by atoms with van der Waals surface area (Å²) in [5.74, 6) is 0. The molecule has 0 aliphatic carbocycles. The van der Waals surface area contributed by atoms with Crippen molar-refractivity contribution in [3.8, 4) is 0 Å². The zero-order chi connectivity index (χ0) is 4.50. The topological polar surface area (TPSA) is 63.2 Å². The zero-order valence-electron chi connectivity index (χ0n) is 4.45. The molecule has 0 atom stereocenters. The van der Waals surface area contributed by atoms with E-state index < -0.39 is 9.05 Å². The summed E-state index contributed by atoms with van der Waals surface area (Å²) in [6, 6.07) is 0. The minimum absolute atomic E-state index is 0. The maximum absolute atomic E-state index is 8.89. The predicted molar refractivity (Wildman–Crippen MR) is 24.3 cm³/mol. The molecule has 0 amide bonds. The Morgan fingerprint density at radius 2 is 1.25 bits per heavy atom. The van der Waals surface area contributed by atoms with Crippen LogP contribution >= 0.6 is 12.4 Å². The van der Waals surface area contributed by atoms with E-state index in [-0.39, 0.29) is 71.5 Å². The Hall–Kier alpha value is 2.58. The van der Waals surface area contributed by atoms with E-state index in [2.05, 4.69) is 11.2 Å². The van der Waals surface area contributed by atoms with E-state index in [0.29, 0.717) is 0 Å². The van der Waals surface area contributed by atoms with E-state index in [4.69, 9.17) is 13.3 Å². The molecule has 3 nitrogen and oxygen atoms in total. The summed E-state index contributed by atoms with van der Waals surface area (Å²) in [7, 11) is -4.33. The Morgan fingerprint density at radius 1 is 1.25 bits per heavy atom. The maximum atomic E-state index is 8.89. The molecule has 0 aromatic rings. The van der Waals surface area contributed by atoms with Crippen LogP contribution in [-0.2, 0) is 20.2 Å². The summed E-state index contributed by atoms with van der Waals surface area (Å²) in [6.07, 6.45) is 0. The Morgan fingerprint density at radius 3 is 1.25 bits per heavy atom. The van der Waals surface area contributed by atoms with Crippen LogP contribution in [0, 0.1) is 0 Å². The molecule has 0 saturated heterocycles. The van der Waals surface area contributed by atoms with E-state index in [1.165, 1.54) is 0 Å². The quantitative estimate of drug-likeness (QED) is 0.360. The van der Waals surface area contributed by atoms with Gasteiger partial charge in [0.2, 0.25) is 0 Å². The van der Waals surface area contributed by atoms with Gasteiger partial charge < -0.3 is 9.11 Å². The van der Waals surface area contributed by atoms with Crippen molar-refractivity contribution in [2.45, 2.75) is 0 Å². The van der Waals surface area contributed by atoms with Gasteiger partial charge in [-0.25, -0.2) is 0 Å². The molecule has 0 fully saturated rings. The summed E-state index contributed by atoms with van der Waals surface area (Å²) >= 11 is 3.24. The Bertz CT molecular complexity index is 98.5. The van der Waals surface area contributed by atoms with Gasteiger partial charge in [-0.15, -0.1) is 21.5 Å². The van der Waals surface area contributed by atoms with Crippen LogP contribution in [0.5, 0.6) is 0 Å². The van der Waals surface area contributed by atoms with Crippen molar-refractivity contribution < 1.29 is 72.4 Å². The molecular weight excluding hydrogens is 194 g/mol. The van der Waals surface area contributed by atoms with Gasteiger partial charge in [0.05, 0.1) is 0 Å². The van der Waals surface area contributed by atoms with Crippen molar-refractivity contribution in [2.24, 2.45) is 0 Å². The van der Waals surface area contributed by atoms with Crippen LogP contribution in [0.4, 0.5) is 0 Å². The van der Waals surface area contributed by atoms with Gasteiger partial charge in [-0.1, -0.05) is 0 Å². The van der Waals surface area contributed by atoms with Gasteiger partial charge in [-0.2, -0.15) is 0 Å². The first-order chi connectivity index (χ1) is 2.00. The Labute approximate surface area is 103 Å². The van der Waals surface area contributed by atoms with Crippen LogP contribution in [0.2, 0.25) is 0 Å². The minimum Gasteiger partial charge on any atom is -0.780 e. The molecule has 8 heavy (non-hydrogen) atoms. The fourth-order valence-corrected chi connectivity index (χ4v) is 0. The van der Waals surface area contributed by atoms with E-state index >= 15 is 0 Å². The van der Waals surface area contributed by atoms with Crippen molar-refractivity contribution in [2.75, 3.05) is 0 Å². The van der Waals surface area contributed by atoms with E-state index in [9.17, 15) is 0 Å². The molecule has 8 heteroatoms. The molecule has 0 saturated carbocycles. The minimum atomic E-state index is -4.33. The first-order valence-electron chi connectivity index (χ1n) is 0.667. The average molecular weight is 195 g/mol. The molecule has 0 bridgehead atoms. The second kappa shape index (κ2) is 9.58.